The third kappa shape index (κ3) is 4.74. The Bertz CT molecular complexity index is 967. The average Bonchev–Trinajstić information content (AvgIpc) is 3.14. The number of carbonyl (C=O) groups is 2. The Morgan fingerprint density at radius 3 is 2.90 bits per heavy atom. The van der Waals surface area contributed by atoms with Crippen LogP contribution in [0.3, 0.4) is 0 Å². The second kappa shape index (κ2) is 8.78. The summed E-state index contributed by atoms with van der Waals surface area (Å²) in [6.07, 6.45) is 2.21. The van der Waals surface area contributed by atoms with E-state index in [-0.39, 0.29) is 24.3 Å². The summed E-state index contributed by atoms with van der Waals surface area (Å²) in [6.45, 7) is 5.34. The van der Waals surface area contributed by atoms with Crippen LogP contribution in [0.15, 0.2) is 24.4 Å². The summed E-state index contributed by atoms with van der Waals surface area (Å²) < 4.78 is 11.7. The number of likely N-dealkylation sites (tertiary alicyclic amines) is 1. The van der Waals surface area contributed by atoms with Gasteiger partial charge in [-0.3, -0.25) is 9.59 Å². The number of hydrogen-bond acceptors (Lipinski definition) is 6. The molecule has 1 aromatic heterocycles. The van der Waals surface area contributed by atoms with Crippen molar-refractivity contribution < 1.29 is 19.1 Å². The number of pyridine rings is 1. The predicted molar refractivity (Wildman–Crippen MR) is 106 cm³/mol. The number of nitriles is 1. The number of nitrogens with zero attached hydrogens (tertiary/aromatic N) is 3. The molecule has 2 amide bonds. The molecule has 2 heterocycles. The van der Waals surface area contributed by atoms with Crippen LogP contribution in [0.2, 0.25) is 0 Å². The van der Waals surface area contributed by atoms with Gasteiger partial charge in [-0.05, 0) is 43.9 Å². The predicted octanol–water partition coefficient (Wildman–Crippen LogP) is 2.26. The molecule has 0 radical (unpaired) electrons. The zero-order valence-corrected chi connectivity index (χ0v) is 16.6. The number of ether oxygens (including phenoxy) is 2. The summed E-state index contributed by atoms with van der Waals surface area (Å²) in [5.74, 6) is 0.301. The number of amides is 2. The average molecular weight is 396 g/mol. The number of rotatable bonds is 7. The Labute approximate surface area is 169 Å². The minimum absolute atomic E-state index is 0.0979. The third-order valence-corrected chi connectivity index (χ3v) is 4.78. The molecule has 29 heavy (non-hydrogen) atoms. The Morgan fingerprint density at radius 2 is 2.21 bits per heavy atom. The van der Waals surface area contributed by atoms with Gasteiger partial charge in [0.2, 0.25) is 11.8 Å². The molecule has 0 saturated carbocycles. The van der Waals surface area contributed by atoms with E-state index >= 15 is 0 Å². The Hall–Kier alpha value is -3.34. The molecule has 8 heteroatoms. The minimum Gasteiger partial charge on any atom is -0.490 e. The van der Waals surface area contributed by atoms with Crippen molar-refractivity contribution in [2.45, 2.75) is 32.8 Å². The first-order valence-corrected chi connectivity index (χ1v) is 9.55. The van der Waals surface area contributed by atoms with Crippen LogP contribution in [0.5, 0.6) is 11.6 Å². The largest absolute Gasteiger partial charge is 0.490 e. The Kier molecular flexibility index (Phi) is 6.17. The number of benzene rings is 1. The maximum atomic E-state index is 11.9. The van der Waals surface area contributed by atoms with Crippen LogP contribution in [0.1, 0.15) is 37.0 Å². The molecule has 1 saturated heterocycles. The number of primary amides is 1. The molecule has 0 unspecified atom stereocenters. The van der Waals surface area contributed by atoms with Crippen molar-refractivity contribution >= 4 is 22.6 Å². The zero-order chi connectivity index (χ0) is 21.0. The highest BCUT2D eigenvalue weighted by atomic mass is 16.5. The van der Waals surface area contributed by atoms with Gasteiger partial charge in [0.15, 0.2) is 0 Å². The SMILES string of the molecule is CC(C)Oc1cc2c(OC[C@@H]3CCN(C(=O)CC#N)C3)nccc2cc1C(N)=O. The van der Waals surface area contributed by atoms with Gasteiger partial charge in [0.25, 0.3) is 5.91 Å². The van der Waals surface area contributed by atoms with Crippen LogP contribution in [-0.4, -0.2) is 47.5 Å². The first kappa shape index (κ1) is 20.4. The lowest BCUT2D eigenvalue weighted by Crippen LogP contribution is -2.29. The molecule has 1 aliphatic rings. The first-order valence-electron chi connectivity index (χ1n) is 9.55. The van der Waals surface area contributed by atoms with Crippen molar-refractivity contribution in [3.63, 3.8) is 0 Å². The van der Waals surface area contributed by atoms with E-state index in [0.29, 0.717) is 36.9 Å². The van der Waals surface area contributed by atoms with Crippen LogP contribution in [0.4, 0.5) is 0 Å². The number of hydrogen-bond donors (Lipinski definition) is 1. The zero-order valence-electron chi connectivity index (χ0n) is 16.6. The maximum Gasteiger partial charge on any atom is 0.252 e. The highest BCUT2D eigenvalue weighted by Gasteiger charge is 2.26. The fourth-order valence-electron chi connectivity index (χ4n) is 3.40. The number of fused-ring (bicyclic) bond motifs is 1. The van der Waals surface area contributed by atoms with Gasteiger partial charge in [-0.1, -0.05) is 0 Å². The monoisotopic (exact) mass is 396 g/mol. The molecule has 152 valence electrons. The van der Waals surface area contributed by atoms with E-state index in [1.807, 2.05) is 19.9 Å². The molecule has 1 aromatic carbocycles. The lowest BCUT2D eigenvalue weighted by Gasteiger charge is -2.17. The molecular formula is C21H24N4O4. The molecule has 2 aromatic rings. The van der Waals surface area contributed by atoms with Gasteiger partial charge in [0.1, 0.15) is 12.2 Å². The van der Waals surface area contributed by atoms with Gasteiger partial charge in [-0.25, -0.2) is 4.98 Å². The van der Waals surface area contributed by atoms with E-state index in [0.717, 1.165) is 17.2 Å². The van der Waals surface area contributed by atoms with Crippen molar-refractivity contribution in [1.29, 1.82) is 5.26 Å². The van der Waals surface area contributed by atoms with Crippen LogP contribution in [0.25, 0.3) is 10.8 Å². The van der Waals surface area contributed by atoms with Crippen molar-refractivity contribution in [1.82, 2.24) is 9.88 Å². The molecule has 0 bridgehead atoms. The van der Waals surface area contributed by atoms with E-state index in [9.17, 15) is 9.59 Å². The van der Waals surface area contributed by atoms with E-state index in [1.54, 1.807) is 29.3 Å². The van der Waals surface area contributed by atoms with Gasteiger partial charge < -0.3 is 20.1 Å². The van der Waals surface area contributed by atoms with E-state index in [2.05, 4.69) is 4.98 Å². The number of nitrogens with two attached hydrogens (primary N) is 1. The van der Waals surface area contributed by atoms with Crippen LogP contribution < -0.4 is 15.2 Å². The minimum atomic E-state index is -0.560. The summed E-state index contributed by atoms with van der Waals surface area (Å²) in [4.78, 5) is 29.7. The third-order valence-electron chi connectivity index (χ3n) is 4.78. The Morgan fingerprint density at radius 1 is 1.41 bits per heavy atom. The molecule has 1 aliphatic heterocycles. The smallest absolute Gasteiger partial charge is 0.252 e. The van der Waals surface area contributed by atoms with Crippen molar-refractivity contribution in [3.05, 3.63) is 30.0 Å². The maximum absolute atomic E-state index is 11.9. The molecule has 2 N–H and O–H groups in total. The van der Waals surface area contributed by atoms with E-state index in [4.69, 9.17) is 20.5 Å². The van der Waals surface area contributed by atoms with Crippen LogP contribution in [-0.2, 0) is 4.79 Å². The molecule has 0 spiro atoms. The number of carbonyl (C=O) groups excluding carboxylic acids is 2. The summed E-state index contributed by atoms with van der Waals surface area (Å²) >= 11 is 0. The standard InChI is InChI=1S/C21H24N4O4/c1-13(2)29-18-10-16-15(9-17(18)20(23)27)4-7-24-21(16)28-12-14-5-8-25(11-14)19(26)3-6-22/h4,7,9-10,13-14H,3,5,8,11-12H2,1-2H3,(H2,23,27)/t14-/m1/s1. The van der Waals surface area contributed by atoms with Crippen molar-refractivity contribution in [2.75, 3.05) is 19.7 Å². The van der Waals surface area contributed by atoms with Crippen LogP contribution in [0, 0.1) is 17.2 Å². The lowest BCUT2D eigenvalue weighted by atomic mass is 10.1. The van der Waals surface area contributed by atoms with Crippen LogP contribution >= 0.6 is 0 Å². The van der Waals surface area contributed by atoms with E-state index in [1.165, 1.54) is 0 Å². The lowest BCUT2D eigenvalue weighted by molar-refractivity contribution is -0.129. The Balaban J connectivity index is 1.79. The molecule has 3 rings (SSSR count). The molecular weight excluding hydrogens is 372 g/mol. The molecule has 1 fully saturated rings. The fourth-order valence-corrected chi connectivity index (χ4v) is 3.40. The van der Waals surface area contributed by atoms with Gasteiger partial charge in [-0.2, -0.15) is 5.26 Å². The first-order chi connectivity index (χ1) is 13.9. The van der Waals surface area contributed by atoms with Gasteiger partial charge in [-0.15, -0.1) is 0 Å². The summed E-state index contributed by atoms with van der Waals surface area (Å²) in [5, 5.41) is 10.2. The molecule has 8 nitrogen and oxygen atoms in total. The second-order valence-corrected chi connectivity index (χ2v) is 7.36. The van der Waals surface area contributed by atoms with Crippen molar-refractivity contribution in [3.8, 4) is 17.7 Å². The number of aromatic nitrogens is 1. The second-order valence-electron chi connectivity index (χ2n) is 7.36. The topological polar surface area (TPSA) is 119 Å². The fraction of sp³-hybridized carbons (Fsp3) is 0.429. The molecule has 0 aliphatic carbocycles. The van der Waals surface area contributed by atoms with Gasteiger partial charge in [0.05, 0.1) is 24.3 Å². The highest BCUT2D eigenvalue weighted by molar-refractivity contribution is 6.01. The quantitative estimate of drug-likeness (QED) is 0.767. The summed E-state index contributed by atoms with van der Waals surface area (Å²) in [6, 6.07) is 7.09. The highest BCUT2D eigenvalue weighted by Crippen LogP contribution is 2.32. The van der Waals surface area contributed by atoms with Gasteiger partial charge >= 0.3 is 0 Å². The summed E-state index contributed by atoms with van der Waals surface area (Å²) in [5.41, 5.74) is 5.81. The van der Waals surface area contributed by atoms with Crippen molar-refractivity contribution in [2.24, 2.45) is 11.7 Å². The van der Waals surface area contributed by atoms with E-state index < -0.39 is 5.91 Å². The normalized spacial score (nSPS) is 16.1. The van der Waals surface area contributed by atoms with Gasteiger partial charge in [0, 0.05) is 30.6 Å². The molecule has 1 atom stereocenters. The summed E-state index contributed by atoms with van der Waals surface area (Å²) in [7, 11) is 0.